The molecule has 4 aromatic rings. The number of nitrogens with zero attached hydrogens (tertiary/aromatic N) is 2. The molecule has 2 heterocycles. The lowest BCUT2D eigenvalue weighted by molar-refractivity contribution is -0.116. The van der Waals surface area contributed by atoms with Gasteiger partial charge in [0.25, 0.3) is 5.56 Å². The van der Waals surface area contributed by atoms with E-state index in [2.05, 4.69) is 24.4 Å². The predicted molar refractivity (Wildman–Crippen MR) is 116 cm³/mol. The number of para-hydroxylation sites is 1. The summed E-state index contributed by atoms with van der Waals surface area (Å²) >= 11 is 0. The second-order valence-corrected chi connectivity index (χ2v) is 7.29. The number of fused-ring (bicyclic) bond motifs is 1. The first kappa shape index (κ1) is 18.7. The maximum Gasteiger partial charge on any atom is 0.275 e. The molecule has 1 N–H and O–H groups in total. The average molecular weight is 385 g/mol. The zero-order valence-corrected chi connectivity index (χ0v) is 16.6. The fraction of sp³-hybridized carbons (Fsp3) is 0.167. The minimum atomic E-state index is -0.224. The van der Waals surface area contributed by atoms with Gasteiger partial charge in [0.2, 0.25) is 5.91 Å². The van der Waals surface area contributed by atoms with Crippen molar-refractivity contribution in [2.45, 2.75) is 26.9 Å². The summed E-state index contributed by atoms with van der Waals surface area (Å²) in [6, 6.07) is 19.5. The van der Waals surface area contributed by atoms with Crippen molar-refractivity contribution in [2.24, 2.45) is 0 Å². The van der Waals surface area contributed by atoms with E-state index in [1.165, 1.54) is 10.1 Å². The Kier molecular flexibility index (Phi) is 5.04. The van der Waals surface area contributed by atoms with Crippen LogP contribution < -0.4 is 10.9 Å². The number of nitrogens with one attached hydrogen (secondary N) is 1. The molecule has 0 radical (unpaired) electrons. The van der Waals surface area contributed by atoms with E-state index in [1.807, 2.05) is 66.2 Å². The fourth-order valence-electron chi connectivity index (χ4n) is 3.53. The molecule has 0 aliphatic heterocycles. The van der Waals surface area contributed by atoms with Crippen LogP contribution >= 0.6 is 0 Å². The van der Waals surface area contributed by atoms with E-state index in [-0.39, 0.29) is 18.0 Å². The van der Waals surface area contributed by atoms with Gasteiger partial charge in [-0.05, 0) is 48.7 Å². The quantitative estimate of drug-likeness (QED) is 0.562. The van der Waals surface area contributed by atoms with Crippen molar-refractivity contribution in [3.05, 3.63) is 100 Å². The van der Waals surface area contributed by atoms with Crippen LogP contribution in [0.2, 0.25) is 0 Å². The normalized spacial score (nSPS) is 11.0. The number of pyridine rings is 1. The molecule has 0 spiro atoms. The third-order valence-electron chi connectivity index (χ3n) is 5.23. The smallest absolute Gasteiger partial charge is 0.275 e. The Hall–Kier alpha value is -3.60. The number of rotatable bonds is 5. The molecule has 5 nitrogen and oxygen atoms in total. The number of aromatic nitrogens is 2. The van der Waals surface area contributed by atoms with Crippen molar-refractivity contribution >= 4 is 22.5 Å². The van der Waals surface area contributed by atoms with Crippen molar-refractivity contribution in [3.63, 3.8) is 0 Å². The summed E-state index contributed by atoms with van der Waals surface area (Å²) in [6.45, 7) is 4.59. The number of carbonyl (C=O) groups is 1. The predicted octanol–water partition coefficient (Wildman–Crippen LogP) is 4.11. The van der Waals surface area contributed by atoms with E-state index in [4.69, 9.17) is 0 Å². The first-order valence-corrected chi connectivity index (χ1v) is 9.61. The van der Waals surface area contributed by atoms with Gasteiger partial charge < -0.3 is 14.5 Å². The maximum absolute atomic E-state index is 13.1. The van der Waals surface area contributed by atoms with Gasteiger partial charge in [-0.2, -0.15) is 0 Å². The van der Waals surface area contributed by atoms with Crippen LogP contribution in [-0.4, -0.2) is 15.0 Å². The lowest BCUT2D eigenvalue weighted by atomic mass is 10.1. The van der Waals surface area contributed by atoms with E-state index >= 15 is 0 Å². The molecule has 0 saturated carbocycles. The molecule has 2 aromatic carbocycles. The van der Waals surface area contributed by atoms with Gasteiger partial charge in [0.05, 0.1) is 0 Å². The highest BCUT2D eigenvalue weighted by atomic mass is 16.2. The highest BCUT2D eigenvalue weighted by molar-refractivity contribution is 5.91. The molecule has 0 bridgehead atoms. The number of carbonyl (C=O) groups excluding carboxylic acids is 1. The third kappa shape index (κ3) is 3.85. The number of benzene rings is 2. The Morgan fingerprint density at radius 2 is 1.52 bits per heavy atom. The summed E-state index contributed by atoms with van der Waals surface area (Å²) in [7, 11) is 0. The molecular formula is C24H23N3O2. The van der Waals surface area contributed by atoms with E-state index < -0.39 is 0 Å². The van der Waals surface area contributed by atoms with Crippen molar-refractivity contribution in [1.29, 1.82) is 0 Å². The fourth-order valence-corrected chi connectivity index (χ4v) is 3.53. The largest absolute Gasteiger partial charge is 0.339 e. The summed E-state index contributed by atoms with van der Waals surface area (Å²) < 4.78 is 3.42. The Labute approximate surface area is 169 Å². The van der Waals surface area contributed by atoms with Crippen molar-refractivity contribution in [3.8, 4) is 0 Å². The molecule has 0 saturated heterocycles. The first-order valence-electron chi connectivity index (χ1n) is 9.61. The van der Waals surface area contributed by atoms with Crippen LogP contribution in [0, 0.1) is 13.8 Å². The summed E-state index contributed by atoms with van der Waals surface area (Å²) in [4.78, 5) is 25.6. The minimum absolute atomic E-state index is 0.0291. The summed E-state index contributed by atoms with van der Waals surface area (Å²) in [5.74, 6) is -0.224. The Bertz CT molecular complexity index is 1250. The van der Waals surface area contributed by atoms with Crippen LogP contribution in [0.4, 0.5) is 5.69 Å². The standard InChI is InChI=1S/C24H23N3O2/c1-17-7-3-5-9-20(17)15-26-13-11-19-12-14-27(24(29)23(19)26)16-22(28)25-21-10-6-4-8-18(21)2/h3-14H,15-16H2,1-2H3,(H,25,28). The summed E-state index contributed by atoms with van der Waals surface area (Å²) in [5.41, 5.74) is 4.53. The molecule has 146 valence electrons. The maximum atomic E-state index is 13.1. The van der Waals surface area contributed by atoms with Gasteiger partial charge in [-0.3, -0.25) is 9.59 Å². The monoisotopic (exact) mass is 385 g/mol. The van der Waals surface area contributed by atoms with Crippen molar-refractivity contribution in [1.82, 2.24) is 9.13 Å². The second kappa shape index (κ2) is 7.80. The molecule has 4 rings (SSSR count). The van der Waals surface area contributed by atoms with Gasteiger partial charge in [-0.15, -0.1) is 0 Å². The topological polar surface area (TPSA) is 56.0 Å². The van der Waals surface area contributed by atoms with Gasteiger partial charge in [0.15, 0.2) is 0 Å². The zero-order chi connectivity index (χ0) is 20.4. The van der Waals surface area contributed by atoms with E-state index in [0.717, 1.165) is 22.2 Å². The first-order chi connectivity index (χ1) is 14.0. The van der Waals surface area contributed by atoms with E-state index in [0.29, 0.717) is 12.1 Å². The molecule has 0 atom stereocenters. The van der Waals surface area contributed by atoms with Gasteiger partial charge in [-0.25, -0.2) is 0 Å². The third-order valence-corrected chi connectivity index (χ3v) is 5.23. The number of amides is 1. The Morgan fingerprint density at radius 1 is 0.862 bits per heavy atom. The molecule has 0 aliphatic carbocycles. The molecule has 2 aromatic heterocycles. The molecule has 5 heteroatoms. The number of hydrogen-bond donors (Lipinski definition) is 1. The molecule has 1 amide bonds. The van der Waals surface area contributed by atoms with Crippen LogP contribution in [0.25, 0.3) is 10.9 Å². The Balaban J connectivity index is 1.62. The van der Waals surface area contributed by atoms with E-state index in [1.54, 1.807) is 6.20 Å². The summed E-state index contributed by atoms with van der Waals surface area (Å²) in [5, 5.41) is 3.76. The lowest BCUT2D eigenvalue weighted by Gasteiger charge is -2.11. The SMILES string of the molecule is Cc1ccccc1Cn1ccc2ccn(CC(=O)Nc3ccccc3C)c(=O)c21. The summed E-state index contributed by atoms with van der Waals surface area (Å²) in [6.07, 6.45) is 3.61. The molecule has 0 fully saturated rings. The number of aryl methyl sites for hydroxylation is 2. The van der Waals surface area contributed by atoms with Crippen LogP contribution in [0.1, 0.15) is 16.7 Å². The Morgan fingerprint density at radius 3 is 2.24 bits per heavy atom. The van der Waals surface area contributed by atoms with Crippen molar-refractivity contribution < 1.29 is 4.79 Å². The van der Waals surface area contributed by atoms with Crippen LogP contribution in [0.3, 0.4) is 0 Å². The molecular weight excluding hydrogens is 362 g/mol. The minimum Gasteiger partial charge on any atom is -0.339 e. The van der Waals surface area contributed by atoms with Gasteiger partial charge in [0, 0.05) is 30.0 Å². The average Bonchev–Trinajstić information content (AvgIpc) is 3.11. The molecule has 0 aliphatic rings. The van der Waals surface area contributed by atoms with Gasteiger partial charge in [0.1, 0.15) is 12.1 Å². The van der Waals surface area contributed by atoms with E-state index in [9.17, 15) is 9.59 Å². The number of hydrogen-bond acceptors (Lipinski definition) is 2. The van der Waals surface area contributed by atoms with Crippen molar-refractivity contribution in [2.75, 3.05) is 5.32 Å². The highest BCUT2D eigenvalue weighted by Crippen LogP contribution is 2.16. The second-order valence-electron chi connectivity index (χ2n) is 7.29. The molecule has 29 heavy (non-hydrogen) atoms. The van der Waals surface area contributed by atoms with Crippen LogP contribution in [0.15, 0.2) is 77.9 Å². The van der Waals surface area contributed by atoms with Crippen LogP contribution in [0.5, 0.6) is 0 Å². The molecule has 0 unspecified atom stereocenters. The van der Waals surface area contributed by atoms with Gasteiger partial charge in [-0.1, -0.05) is 42.5 Å². The lowest BCUT2D eigenvalue weighted by Crippen LogP contribution is -2.28. The highest BCUT2D eigenvalue weighted by Gasteiger charge is 2.12. The van der Waals surface area contributed by atoms with Crippen LogP contribution in [-0.2, 0) is 17.9 Å². The zero-order valence-electron chi connectivity index (χ0n) is 16.6. The van der Waals surface area contributed by atoms with Gasteiger partial charge >= 0.3 is 0 Å². The number of anilines is 1.